The quantitative estimate of drug-likeness (QED) is 0.196. The molecule has 3 saturated heterocycles. The monoisotopic (exact) mass is 739 g/mol. The molecule has 3 aliphatic heterocycles. The third-order valence-corrected chi connectivity index (χ3v) is 12.6. The maximum absolute atomic E-state index is 17.2. The van der Waals surface area contributed by atoms with Gasteiger partial charge < -0.3 is 24.2 Å². The summed E-state index contributed by atoms with van der Waals surface area (Å²) in [5.74, 6) is -0.365. The van der Waals surface area contributed by atoms with Gasteiger partial charge in [-0.2, -0.15) is 15.1 Å². The van der Waals surface area contributed by atoms with Crippen molar-refractivity contribution in [2.45, 2.75) is 108 Å². The molecule has 1 saturated carbocycles. The Bertz CT molecular complexity index is 1970. The van der Waals surface area contributed by atoms with Crippen LogP contribution in [0, 0.1) is 18.2 Å². The van der Waals surface area contributed by atoms with E-state index in [0.717, 1.165) is 57.1 Å². The van der Waals surface area contributed by atoms with E-state index in [0.29, 0.717) is 59.6 Å². The number of nitrogens with zero attached hydrogens (tertiary/aromatic N) is 6. The number of anilines is 1. The van der Waals surface area contributed by atoms with Gasteiger partial charge in [-0.1, -0.05) is 18.0 Å². The van der Waals surface area contributed by atoms with Crippen LogP contribution in [0.5, 0.6) is 11.9 Å². The van der Waals surface area contributed by atoms with Crippen LogP contribution in [0.15, 0.2) is 12.3 Å². The molecule has 6 heterocycles. The van der Waals surface area contributed by atoms with Crippen LogP contribution in [0.4, 0.5) is 14.6 Å². The zero-order chi connectivity index (χ0) is 36.4. The lowest BCUT2D eigenvalue weighted by Crippen LogP contribution is -2.57. The van der Waals surface area contributed by atoms with Crippen LogP contribution in [-0.4, -0.2) is 105 Å². The number of β-amino-alcohol motifs (C(OH)–C–C–N with tert-alkyl or cyclic N) is 1. The fraction of sp³-hybridized carbons (Fsp3) is 0.632. The third kappa shape index (κ3) is 6.15. The molecule has 8 rings (SSSR count). The Morgan fingerprint density at radius 3 is 2.63 bits per heavy atom. The van der Waals surface area contributed by atoms with Gasteiger partial charge in [0.15, 0.2) is 5.82 Å². The van der Waals surface area contributed by atoms with Crippen LogP contribution in [0.2, 0.25) is 5.02 Å². The number of aromatic nitrogens is 5. The zero-order valence-electron chi connectivity index (χ0n) is 30.4. The van der Waals surface area contributed by atoms with Crippen molar-refractivity contribution in [2.75, 3.05) is 44.9 Å². The second-order valence-corrected chi connectivity index (χ2v) is 16.1. The SMILES string of the molecule is COc1nc(-c2c(Cl)c(C)cc3[nH]ncc23)c(F)c2nc(OCC34CCCC3N(C3CC(C)OC(C)C3)CCC4)nc(N3CCCC(O)(CF)C3)c12. The molecule has 0 amide bonds. The summed E-state index contributed by atoms with van der Waals surface area (Å²) in [6.07, 6.45) is 10.2. The number of halogens is 3. The van der Waals surface area contributed by atoms with Crippen molar-refractivity contribution in [3.63, 3.8) is 0 Å². The highest BCUT2D eigenvalue weighted by atomic mass is 35.5. The predicted octanol–water partition coefficient (Wildman–Crippen LogP) is 6.95. The first-order chi connectivity index (χ1) is 25.0. The van der Waals surface area contributed by atoms with Crippen LogP contribution in [0.3, 0.4) is 0 Å². The lowest BCUT2D eigenvalue weighted by molar-refractivity contribution is -0.0967. The maximum atomic E-state index is 17.2. The highest BCUT2D eigenvalue weighted by molar-refractivity contribution is 6.35. The number of fused-ring (bicyclic) bond motifs is 3. The third-order valence-electron chi connectivity index (χ3n) is 12.1. The first-order valence-electron chi connectivity index (χ1n) is 18.7. The smallest absolute Gasteiger partial charge is 0.319 e. The van der Waals surface area contributed by atoms with Crippen molar-refractivity contribution in [3.05, 3.63) is 28.7 Å². The van der Waals surface area contributed by atoms with Crippen molar-refractivity contribution in [3.8, 4) is 23.1 Å². The number of alkyl halides is 1. The number of ether oxygens (including phenoxy) is 3. The van der Waals surface area contributed by atoms with Crippen molar-refractivity contribution < 1.29 is 28.1 Å². The van der Waals surface area contributed by atoms with Gasteiger partial charge in [-0.05, 0) is 90.3 Å². The molecule has 5 atom stereocenters. The van der Waals surface area contributed by atoms with Gasteiger partial charge in [0.25, 0.3) is 0 Å². The molecular formula is C38H48ClF2N7O4. The van der Waals surface area contributed by atoms with E-state index >= 15 is 4.39 Å². The van der Waals surface area contributed by atoms with E-state index < -0.39 is 18.1 Å². The van der Waals surface area contributed by atoms with E-state index in [-0.39, 0.29) is 58.5 Å². The first kappa shape index (κ1) is 35.6. The Morgan fingerprint density at radius 1 is 1.10 bits per heavy atom. The highest BCUT2D eigenvalue weighted by Gasteiger charge is 2.51. The van der Waals surface area contributed by atoms with Gasteiger partial charge in [-0.15, -0.1) is 0 Å². The van der Waals surface area contributed by atoms with Crippen LogP contribution < -0.4 is 14.4 Å². The van der Waals surface area contributed by atoms with Gasteiger partial charge in [-0.3, -0.25) is 10.00 Å². The summed E-state index contributed by atoms with van der Waals surface area (Å²) in [6.45, 7) is 7.13. The molecule has 3 aromatic heterocycles. The Morgan fingerprint density at radius 2 is 1.87 bits per heavy atom. The molecule has 11 nitrogen and oxygen atoms in total. The molecule has 0 bridgehead atoms. The number of benzene rings is 1. The molecule has 1 aliphatic carbocycles. The lowest BCUT2D eigenvalue weighted by atomic mass is 9.74. The molecule has 0 radical (unpaired) electrons. The summed E-state index contributed by atoms with van der Waals surface area (Å²) in [5, 5.41) is 19.3. The zero-order valence-corrected chi connectivity index (χ0v) is 31.1. The normalized spacial score (nSPS) is 29.9. The number of rotatable bonds is 8. The molecule has 0 spiro atoms. The van der Waals surface area contributed by atoms with Gasteiger partial charge in [0.1, 0.15) is 34.7 Å². The largest absolute Gasteiger partial charge is 0.480 e. The summed E-state index contributed by atoms with van der Waals surface area (Å²) in [4.78, 5) is 18.8. The van der Waals surface area contributed by atoms with Crippen molar-refractivity contribution in [2.24, 2.45) is 5.41 Å². The number of piperidine rings is 2. The number of hydrogen-bond donors (Lipinski definition) is 2. The van der Waals surface area contributed by atoms with Crippen LogP contribution in [-0.2, 0) is 4.74 Å². The molecule has 5 unspecified atom stereocenters. The summed E-state index contributed by atoms with van der Waals surface area (Å²) in [6, 6.07) is 2.69. The van der Waals surface area contributed by atoms with Gasteiger partial charge in [-0.25, -0.2) is 13.8 Å². The second-order valence-electron chi connectivity index (χ2n) is 15.7. The maximum Gasteiger partial charge on any atom is 0.319 e. The van der Waals surface area contributed by atoms with Crippen LogP contribution in [0.25, 0.3) is 33.1 Å². The Kier molecular flexibility index (Phi) is 9.45. The molecule has 1 aromatic carbocycles. The Labute approximate surface area is 307 Å². The lowest BCUT2D eigenvalue weighted by Gasteiger charge is -2.51. The minimum absolute atomic E-state index is 0.0178. The molecular weight excluding hydrogens is 692 g/mol. The summed E-state index contributed by atoms with van der Waals surface area (Å²) >= 11 is 6.86. The average Bonchev–Trinajstić information content (AvgIpc) is 3.78. The summed E-state index contributed by atoms with van der Waals surface area (Å²) in [7, 11) is 1.45. The fourth-order valence-corrected chi connectivity index (χ4v) is 10.0. The van der Waals surface area contributed by atoms with Crippen molar-refractivity contribution in [1.29, 1.82) is 0 Å². The van der Waals surface area contributed by atoms with Crippen LogP contribution in [0.1, 0.15) is 77.2 Å². The molecule has 14 heteroatoms. The molecule has 2 N–H and O–H groups in total. The number of methoxy groups -OCH3 is 1. The molecule has 52 heavy (non-hydrogen) atoms. The molecule has 4 fully saturated rings. The van der Waals surface area contributed by atoms with Crippen LogP contribution >= 0.6 is 11.6 Å². The number of likely N-dealkylation sites (tertiary alicyclic amines) is 1. The highest BCUT2D eigenvalue weighted by Crippen LogP contribution is 2.50. The minimum Gasteiger partial charge on any atom is -0.480 e. The number of aliphatic hydroxyl groups is 1. The fourth-order valence-electron chi connectivity index (χ4n) is 9.77. The topological polar surface area (TPSA) is 122 Å². The molecule has 4 aromatic rings. The van der Waals surface area contributed by atoms with E-state index in [4.69, 9.17) is 35.8 Å². The number of nitrogens with one attached hydrogen (secondary N) is 1. The van der Waals surface area contributed by atoms with E-state index in [1.807, 2.05) is 13.0 Å². The van der Waals surface area contributed by atoms with Gasteiger partial charge in [0.05, 0.1) is 49.2 Å². The number of hydrogen-bond acceptors (Lipinski definition) is 10. The Balaban J connectivity index is 1.22. The number of H-pyrrole nitrogens is 1. The van der Waals surface area contributed by atoms with Gasteiger partial charge >= 0.3 is 6.01 Å². The predicted molar refractivity (Wildman–Crippen MR) is 196 cm³/mol. The van der Waals surface area contributed by atoms with Gasteiger partial charge in [0, 0.05) is 35.0 Å². The van der Waals surface area contributed by atoms with E-state index in [2.05, 4.69) is 33.9 Å². The number of aromatic amines is 1. The summed E-state index contributed by atoms with van der Waals surface area (Å²) < 4.78 is 49.9. The van der Waals surface area contributed by atoms with Gasteiger partial charge in [0.2, 0.25) is 5.88 Å². The van der Waals surface area contributed by atoms with Crippen molar-refractivity contribution in [1.82, 2.24) is 30.0 Å². The number of aryl methyl sites for hydroxylation is 1. The molecule has 4 aliphatic rings. The minimum atomic E-state index is -1.57. The van der Waals surface area contributed by atoms with E-state index in [1.165, 1.54) is 7.11 Å². The summed E-state index contributed by atoms with van der Waals surface area (Å²) in [5.41, 5.74) is -0.00230. The molecule has 280 valence electrons. The first-order valence-corrected chi connectivity index (χ1v) is 19.1. The van der Waals surface area contributed by atoms with E-state index in [9.17, 15) is 9.50 Å². The number of pyridine rings is 1. The Hall–Kier alpha value is -3.39. The average molecular weight is 740 g/mol. The van der Waals surface area contributed by atoms with E-state index in [1.54, 1.807) is 11.1 Å². The standard InChI is InChI=1S/C38H48ClF2N7O4/c1-21-14-26-25(17-42-46-26)28(30(21)39)32-31(41)33-29(35(43-32)50-4)34(47-12-7-11-38(49,18-40)19-47)45-36(44-33)51-20-37-9-5-8-27(37)48(13-6-10-37)24-15-22(2)52-23(3)16-24/h14,17,22-24,27,49H,5-13,15-16,18-20H2,1-4H3,(H,42,46). The second kappa shape index (κ2) is 13.8. The van der Waals surface area contributed by atoms with Crippen molar-refractivity contribution >= 4 is 39.2 Å².